The van der Waals surface area contributed by atoms with E-state index in [0.29, 0.717) is 0 Å². The smallest absolute Gasteiger partial charge is 0.306 e. The van der Waals surface area contributed by atoms with Gasteiger partial charge in [-0.25, -0.2) is 0 Å². The van der Waals surface area contributed by atoms with E-state index in [0.717, 1.165) is 25.2 Å². The maximum Gasteiger partial charge on any atom is 0.306 e. The molecule has 0 spiro atoms. The summed E-state index contributed by atoms with van der Waals surface area (Å²) in [6, 6.07) is 0. The molecular weight excluding hydrogens is 452 g/mol. The number of hydrogen-bond donors (Lipinski definition) is 4. The zero-order valence-corrected chi connectivity index (χ0v) is 22.1. The highest BCUT2D eigenvalue weighted by atomic mass is 16.6. The standard InChI is InChI=1S/C27H52O8/c1-21(2)15-13-11-9-7-5-3-4-6-8-10-12-14-16-25(32)35-26-23(31)20-34-27(26)24(18-29)33-19-22(30)17-28/h21-24,26-31H,3-20H2,1-2H3/t22?,23-,24+,26+,27+/m0/s1. The number of carbonyl (C=O) groups excluding carboxylic acids is 1. The van der Waals surface area contributed by atoms with Crippen LogP contribution in [0.5, 0.6) is 0 Å². The van der Waals surface area contributed by atoms with Gasteiger partial charge in [0.2, 0.25) is 0 Å². The normalized spacial score (nSPS) is 22.0. The van der Waals surface area contributed by atoms with E-state index < -0.39 is 49.7 Å². The summed E-state index contributed by atoms with van der Waals surface area (Å²) in [6.07, 6.45) is 11.6. The van der Waals surface area contributed by atoms with Crippen LogP contribution in [0.3, 0.4) is 0 Å². The second-order valence-electron chi connectivity index (χ2n) is 10.4. The first-order valence-corrected chi connectivity index (χ1v) is 13.9. The summed E-state index contributed by atoms with van der Waals surface area (Å²) >= 11 is 0. The summed E-state index contributed by atoms with van der Waals surface area (Å²) in [4.78, 5) is 12.3. The van der Waals surface area contributed by atoms with Crippen LogP contribution in [0, 0.1) is 5.92 Å². The van der Waals surface area contributed by atoms with Gasteiger partial charge in [0.1, 0.15) is 24.4 Å². The van der Waals surface area contributed by atoms with Gasteiger partial charge in [-0.2, -0.15) is 0 Å². The van der Waals surface area contributed by atoms with E-state index in [1.807, 2.05) is 0 Å². The van der Waals surface area contributed by atoms with Crippen molar-refractivity contribution in [3.63, 3.8) is 0 Å². The lowest BCUT2D eigenvalue weighted by atomic mass is 10.0. The van der Waals surface area contributed by atoms with Crippen molar-refractivity contribution in [3.05, 3.63) is 0 Å². The van der Waals surface area contributed by atoms with E-state index in [4.69, 9.17) is 19.3 Å². The number of carbonyl (C=O) groups is 1. The molecule has 0 saturated carbocycles. The van der Waals surface area contributed by atoms with Crippen LogP contribution in [0.1, 0.15) is 104 Å². The molecule has 8 heteroatoms. The van der Waals surface area contributed by atoms with Crippen LogP contribution in [0.2, 0.25) is 0 Å². The number of hydrogen-bond acceptors (Lipinski definition) is 8. The van der Waals surface area contributed by atoms with Crippen molar-refractivity contribution >= 4 is 5.97 Å². The molecule has 0 aromatic rings. The van der Waals surface area contributed by atoms with Crippen LogP contribution in [0.4, 0.5) is 0 Å². The highest BCUT2D eigenvalue weighted by molar-refractivity contribution is 5.69. The summed E-state index contributed by atoms with van der Waals surface area (Å²) in [6.45, 7) is 3.46. The molecule has 0 aromatic heterocycles. The van der Waals surface area contributed by atoms with Gasteiger partial charge in [0.05, 0.1) is 26.4 Å². The molecular formula is C27H52O8. The molecule has 1 heterocycles. The van der Waals surface area contributed by atoms with E-state index in [-0.39, 0.29) is 19.6 Å². The summed E-state index contributed by atoms with van der Waals surface area (Å²) in [5.74, 6) is 0.428. The van der Waals surface area contributed by atoms with Gasteiger partial charge in [0.15, 0.2) is 6.10 Å². The average Bonchev–Trinajstić information content (AvgIpc) is 3.19. The predicted molar refractivity (Wildman–Crippen MR) is 135 cm³/mol. The number of esters is 1. The molecule has 0 amide bonds. The Labute approximate surface area is 212 Å². The molecule has 1 rings (SSSR count). The summed E-state index contributed by atoms with van der Waals surface area (Å²) in [7, 11) is 0. The number of unbranched alkanes of at least 4 members (excludes halogenated alkanes) is 11. The third kappa shape index (κ3) is 15.2. The van der Waals surface area contributed by atoms with Gasteiger partial charge in [-0.1, -0.05) is 90.9 Å². The lowest BCUT2D eigenvalue weighted by Crippen LogP contribution is -2.45. The van der Waals surface area contributed by atoms with Gasteiger partial charge in [0, 0.05) is 6.42 Å². The average molecular weight is 505 g/mol. The Balaban J connectivity index is 2.08. The fraction of sp³-hybridized carbons (Fsp3) is 0.963. The van der Waals surface area contributed by atoms with Crippen molar-refractivity contribution in [3.8, 4) is 0 Å². The monoisotopic (exact) mass is 504 g/mol. The first kappa shape index (κ1) is 32.3. The highest BCUT2D eigenvalue weighted by Crippen LogP contribution is 2.24. The van der Waals surface area contributed by atoms with Crippen LogP contribution in [-0.4, -0.2) is 83.3 Å². The molecule has 4 N–H and O–H groups in total. The third-order valence-corrected chi connectivity index (χ3v) is 6.60. The van der Waals surface area contributed by atoms with E-state index >= 15 is 0 Å². The Kier molecular flexibility index (Phi) is 18.7. The van der Waals surface area contributed by atoms with Crippen LogP contribution in [-0.2, 0) is 19.0 Å². The largest absolute Gasteiger partial charge is 0.457 e. The second-order valence-corrected chi connectivity index (χ2v) is 10.4. The van der Waals surface area contributed by atoms with Gasteiger partial charge in [-0.3, -0.25) is 4.79 Å². The van der Waals surface area contributed by atoms with Crippen LogP contribution >= 0.6 is 0 Å². The molecule has 0 aliphatic carbocycles. The minimum Gasteiger partial charge on any atom is -0.457 e. The predicted octanol–water partition coefficient (Wildman–Crippen LogP) is 3.51. The maximum absolute atomic E-state index is 12.3. The topological polar surface area (TPSA) is 126 Å². The molecule has 5 atom stereocenters. The molecule has 0 aromatic carbocycles. The summed E-state index contributed by atoms with van der Waals surface area (Å²) in [5.41, 5.74) is 0. The zero-order valence-electron chi connectivity index (χ0n) is 22.1. The quantitative estimate of drug-likeness (QED) is 0.130. The van der Waals surface area contributed by atoms with E-state index in [1.165, 1.54) is 64.2 Å². The third-order valence-electron chi connectivity index (χ3n) is 6.60. The Morgan fingerprint density at radius 3 is 1.94 bits per heavy atom. The first-order chi connectivity index (χ1) is 16.9. The minimum absolute atomic E-state index is 0.0246. The molecule has 1 aliphatic rings. The van der Waals surface area contributed by atoms with Crippen LogP contribution in [0.25, 0.3) is 0 Å². The molecule has 0 radical (unpaired) electrons. The van der Waals surface area contributed by atoms with Crippen molar-refractivity contribution in [1.82, 2.24) is 0 Å². The molecule has 1 unspecified atom stereocenters. The first-order valence-electron chi connectivity index (χ1n) is 13.9. The number of ether oxygens (including phenoxy) is 3. The van der Waals surface area contributed by atoms with Gasteiger partial charge in [0.25, 0.3) is 0 Å². The lowest BCUT2D eigenvalue weighted by Gasteiger charge is -2.27. The molecule has 208 valence electrons. The van der Waals surface area contributed by atoms with Gasteiger partial charge < -0.3 is 34.6 Å². The van der Waals surface area contributed by atoms with E-state index in [2.05, 4.69) is 13.8 Å². The molecule has 1 fully saturated rings. The number of rotatable bonds is 22. The second kappa shape index (κ2) is 20.3. The Morgan fingerprint density at radius 2 is 1.43 bits per heavy atom. The highest BCUT2D eigenvalue weighted by Gasteiger charge is 2.44. The van der Waals surface area contributed by atoms with E-state index in [9.17, 15) is 20.1 Å². The molecule has 35 heavy (non-hydrogen) atoms. The van der Waals surface area contributed by atoms with Crippen LogP contribution in [0.15, 0.2) is 0 Å². The molecule has 1 saturated heterocycles. The van der Waals surface area contributed by atoms with Crippen molar-refractivity contribution in [2.45, 2.75) is 134 Å². The SMILES string of the molecule is CC(C)CCCCCCCCCCCCCCC(=O)O[C@H]1[C@@H]([C@@H](CO)OCC(O)CO)OC[C@@H]1O. The molecule has 8 nitrogen and oxygen atoms in total. The molecule has 1 aliphatic heterocycles. The fourth-order valence-corrected chi connectivity index (χ4v) is 4.42. The lowest BCUT2D eigenvalue weighted by molar-refractivity contribution is -0.165. The number of aliphatic hydroxyl groups is 4. The number of aliphatic hydroxyl groups excluding tert-OH is 4. The van der Waals surface area contributed by atoms with Gasteiger partial charge in [-0.15, -0.1) is 0 Å². The van der Waals surface area contributed by atoms with Crippen molar-refractivity contribution in [2.24, 2.45) is 5.92 Å². The molecule has 0 bridgehead atoms. The minimum atomic E-state index is -1.08. The van der Waals surface area contributed by atoms with Crippen molar-refractivity contribution < 1.29 is 39.4 Å². The van der Waals surface area contributed by atoms with Gasteiger partial charge >= 0.3 is 5.97 Å². The maximum atomic E-state index is 12.3. The Hall–Kier alpha value is -0.770. The Bertz CT molecular complexity index is 515. The van der Waals surface area contributed by atoms with Crippen LogP contribution < -0.4 is 0 Å². The van der Waals surface area contributed by atoms with Gasteiger partial charge in [-0.05, 0) is 12.3 Å². The fourth-order valence-electron chi connectivity index (χ4n) is 4.42. The summed E-state index contributed by atoms with van der Waals surface area (Å²) < 4.78 is 16.3. The van der Waals surface area contributed by atoms with E-state index in [1.54, 1.807) is 0 Å². The Morgan fingerprint density at radius 1 is 0.886 bits per heavy atom. The van der Waals surface area contributed by atoms with Crippen molar-refractivity contribution in [2.75, 3.05) is 26.4 Å². The van der Waals surface area contributed by atoms with Crippen molar-refractivity contribution in [1.29, 1.82) is 0 Å². The summed E-state index contributed by atoms with van der Waals surface area (Å²) in [5, 5.41) is 38.1. The zero-order chi connectivity index (χ0) is 25.9.